The average Bonchev–Trinajstić information content (AvgIpc) is 2.87. The summed E-state index contributed by atoms with van der Waals surface area (Å²) in [5.74, 6) is -3.65. The van der Waals surface area contributed by atoms with Crippen molar-refractivity contribution in [1.82, 2.24) is 0 Å². The summed E-state index contributed by atoms with van der Waals surface area (Å²) in [6, 6.07) is 6.33. The first-order chi connectivity index (χ1) is 16.4. The van der Waals surface area contributed by atoms with Crippen LogP contribution in [0, 0.1) is 23.3 Å². The Morgan fingerprint density at radius 1 is 0.647 bits per heavy atom. The Morgan fingerprint density at radius 2 is 1.18 bits per heavy atom. The van der Waals surface area contributed by atoms with Crippen LogP contribution in [0.4, 0.5) is 17.6 Å². The van der Waals surface area contributed by atoms with Gasteiger partial charge >= 0.3 is 0 Å². The van der Waals surface area contributed by atoms with Crippen LogP contribution in [0.15, 0.2) is 24.3 Å². The van der Waals surface area contributed by atoms with Gasteiger partial charge in [0.15, 0.2) is 23.2 Å². The number of hydrogen-bond acceptors (Lipinski definition) is 3. The van der Waals surface area contributed by atoms with Crippen molar-refractivity contribution >= 4 is 0 Å². The number of rotatable bonds is 7. The van der Waals surface area contributed by atoms with Crippen LogP contribution in [0.3, 0.4) is 0 Å². The van der Waals surface area contributed by atoms with Gasteiger partial charge in [0.05, 0.1) is 25.9 Å². The molecule has 2 saturated carbocycles. The van der Waals surface area contributed by atoms with Crippen LogP contribution in [-0.2, 0) is 16.1 Å². The van der Waals surface area contributed by atoms with Crippen molar-refractivity contribution in [2.75, 3.05) is 14.2 Å². The molecule has 2 aromatic carbocycles. The van der Waals surface area contributed by atoms with Crippen LogP contribution in [0.5, 0.6) is 5.75 Å². The second-order valence-electron chi connectivity index (χ2n) is 9.42. The van der Waals surface area contributed by atoms with E-state index >= 15 is 0 Å². The maximum Gasteiger partial charge on any atom is 0.200 e. The van der Waals surface area contributed by atoms with Crippen LogP contribution in [0.1, 0.15) is 79.9 Å². The Balaban J connectivity index is 1.32. The Kier molecular flexibility index (Phi) is 8.14. The standard InChI is InChI=1S/C27H32F4O3/c1-32-19-8-3-16(4-9-19)21-12-7-18(24(28)25(21)29)15-34-20-10-5-17(6-11-20)22-13-14-23(33-2)27(31)26(22)30/h7,12-14,16-17,19-20H,3-6,8-11,15H2,1-2H3. The molecule has 0 heterocycles. The minimum absolute atomic E-state index is 0.00864. The summed E-state index contributed by atoms with van der Waals surface area (Å²) in [5.41, 5.74) is 0.988. The highest BCUT2D eigenvalue weighted by atomic mass is 19.2. The molecule has 34 heavy (non-hydrogen) atoms. The van der Waals surface area contributed by atoms with Crippen molar-refractivity contribution < 1.29 is 31.8 Å². The second-order valence-corrected chi connectivity index (χ2v) is 9.42. The molecule has 0 radical (unpaired) electrons. The first kappa shape index (κ1) is 25.0. The van der Waals surface area contributed by atoms with E-state index in [4.69, 9.17) is 14.2 Å². The summed E-state index contributed by atoms with van der Waals surface area (Å²) < 4.78 is 74.1. The number of hydrogen-bond donors (Lipinski definition) is 0. The lowest BCUT2D eigenvalue weighted by atomic mass is 9.82. The van der Waals surface area contributed by atoms with Gasteiger partial charge in [0, 0.05) is 12.7 Å². The first-order valence-electron chi connectivity index (χ1n) is 12.1. The highest BCUT2D eigenvalue weighted by Gasteiger charge is 2.29. The SMILES string of the molecule is COc1ccc(C2CCC(OCc3ccc(C4CCC(OC)CC4)c(F)c3F)CC2)c(F)c1F. The molecule has 0 saturated heterocycles. The third-order valence-electron chi connectivity index (χ3n) is 7.52. The molecule has 2 aliphatic carbocycles. The zero-order valence-electron chi connectivity index (χ0n) is 19.7. The van der Waals surface area contributed by atoms with Gasteiger partial charge in [-0.25, -0.2) is 13.2 Å². The van der Waals surface area contributed by atoms with Gasteiger partial charge in [0.25, 0.3) is 0 Å². The van der Waals surface area contributed by atoms with E-state index in [1.54, 1.807) is 25.3 Å². The molecule has 4 rings (SSSR count). The van der Waals surface area contributed by atoms with Gasteiger partial charge < -0.3 is 14.2 Å². The minimum Gasteiger partial charge on any atom is -0.494 e. The zero-order chi connectivity index (χ0) is 24.2. The van der Waals surface area contributed by atoms with Crippen molar-refractivity contribution in [3.8, 4) is 5.75 Å². The number of benzene rings is 2. The largest absolute Gasteiger partial charge is 0.494 e. The van der Waals surface area contributed by atoms with Gasteiger partial charge in [0.2, 0.25) is 5.82 Å². The summed E-state index contributed by atoms with van der Waals surface area (Å²) in [4.78, 5) is 0. The molecule has 0 N–H and O–H groups in total. The van der Waals surface area contributed by atoms with Crippen LogP contribution < -0.4 is 4.74 Å². The molecule has 0 amide bonds. The number of methoxy groups -OCH3 is 2. The van der Waals surface area contributed by atoms with E-state index in [1.165, 1.54) is 13.2 Å². The van der Waals surface area contributed by atoms with E-state index in [-0.39, 0.29) is 42.0 Å². The first-order valence-corrected chi connectivity index (χ1v) is 12.1. The molecule has 2 aromatic rings. The number of ether oxygens (including phenoxy) is 3. The van der Waals surface area contributed by atoms with Crippen LogP contribution in [0.2, 0.25) is 0 Å². The maximum absolute atomic E-state index is 14.8. The highest BCUT2D eigenvalue weighted by molar-refractivity contribution is 5.33. The van der Waals surface area contributed by atoms with Crippen molar-refractivity contribution in [2.45, 2.75) is 82.0 Å². The highest BCUT2D eigenvalue weighted by Crippen LogP contribution is 2.39. The molecular formula is C27H32F4O3. The lowest BCUT2D eigenvalue weighted by Gasteiger charge is -2.29. The normalized spacial score (nSPS) is 25.4. The second kappa shape index (κ2) is 11.1. The van der Waals surface area contributed by atoms with E-state index in [0.29, 0.717) is 36.8 Å². The van der Waals surface area contributed by atoms with Gasteiger partial charge in [-0.05, 0) is 80.4 Å². The van der Waals surface area contributed by atoms with Crippen LogP contribution >= 0.6 is 0 Å². The van der Waals surface area contributed by atoms with Crippen LogP contribution in [-0.4, -0.2) is 26.4 Å². The van der Waals surface area contributed by atoms with Gasteiger partial charge in [-0.1, -0.05) is 18.2 Å². The molecule has 3 nitrogen and oxygen atoms in total. The third kappa shape index (κ3) is 5.25. The molecule has 186 valence electrons. The molecule has 0 aromatic heterocycles. The lowest BCUT2D eigenvalue weighted by molar-refractivity contribution is 0.0116. The molecule has 7 heteroatoms. The fraction of sp³-hybridized carbons (Fsp3) is 0.556. The predicted molar refractivity (Wildman–Crippen MR) is 121 cm³/mol. The fourth-order valence-electron chi connectivity index (χ4n) is 5.41. The molecule has 2 fully saturated rings. The predicted octanol–water partition coefficient (Wildman–Crippen LogP) is 7.17. The van der Waals surface area contributed by atoms with E-state index in [2.05, 4.69) is 0 Å². The lowest BCUT2D eigenvalue weighted by Crippen LogP contribution is -2.22. The summed E-state index contributed by atoms with van der Waals surface area (Å²) in [5, 5.41) is 0. The minimum atomic E-state index is -0.967. The van der Waals surface area contributed by atoms with Crippen LogP contribution in [0.25, 0.3) is 0 Å². The van der Waals surface area contributed by atoms with Gasteiger partial charge in [-0.15, -0.1) is 0 Å². The third-order valence-corrected chi connectivity index (χ3v) is 7.52. The molecule has 2 aliphatic rings. The zero-order valence-corrected chi connectivity index (χ0v) is 19.7. The van der Waals surface area contributed by atoms with E-state index in [1.807, 2.05) is 0 Å². The van der Waals surface area contributed by atoms with Crippen molar-refractivity contribution in [1.29, 1.82) is 0 Å². The quantitative estimate of drug-likeness (QED) is 0.393. The Morgan fingerprint density at radius 3 is 1.74 bits per heavy atom. The van der Waals surface area contributed by atoms with Crippen molar-refractivity contribution in [3.05, 3.63) is 64.2 Å². The maximum atomic E-state index is 14.8. The Hall–Kier alpha value is -2.12. The average molecular weight is 481 g/mol. The summed E-state index contributed by atoms with van der Waals surface area (Å²) in [6.45, 7) is -0.0136. The summed E-state index contributed by atoms with van der Waals surface area (Å²) in [7, 11) is 2.99. The van der Waals surface area contributed by atoms with Crippen molar-refractivity contribution in [2.24, 2.45) is 0 Å². The summed E-state index contributed by atoms with van der Waals surface area (Å²) >= 11 is 0. The summed E-state index contributed by atoms with van der Waals surface area (Å²) in [6.07, 6.45) is 5.89. The van der Waals surface area contributed by atoms with Gasteiger partial charge in [-0.3, -0.25) is 0 Å². The van der Waals surface area contributed by atoms with Gasteiger partial charge in [0.1, 0.15) is 0 Å². The Bertz CT molecular complexity index is 980. The topological polar surface area (TPSA) is 27.7 Å². The molecule has 0 bridgehead atoms. The molecule has 0 unspecified atom stereocenters. The molecule has 0 aliphatic heterocycles. The fourth-order valence-corrected chi connectivity index (χ4v) is 5.41. The number of halogens is 4. The smallest absolute Gasteiger partial charge is 0.200 e. The molecule has 0 spiro atoms. The monoisotopic (exact) mass is 480 g/mol. The molecule has 0 atom stereocenters. The molecular weight excluding hydrogens is 448 g/mol. The van der Waals surface area contributed by atoms with E-state index in [9.17, 15) is 17.6 Å². The van der Waals surface area contributed by atoms with E-state index < -0.39 is 23.3 Å². The Labute approximate surface area is 198 Å². The van der Waals surface area contributed by atoms with Crippen molar-refractivity contribution in [3.63, 3.8) is 0 Å². The van der Waals surface area contributed by atoms with E-state index in [0.717, 1.165) is 25.7 Å². The van der Waals surface area contributed by atoms with Gasteiger partial charge in [-0.2, -0.15) is 4.39 Å².